The lowest BCUT2D eigenvalue weighted by atomic mass is 10.0. The summed E-state index contributed by atoms with van der Waals surface area (Å²) in [4.78, 5) is 12.5. The average molecular weight is 335 g/mol. The van der Waals surface area contributed by atoms with Crippen LogP contribution in [-0.4, -0.2) is 11.0 Å². The highest BCUT2D eigenvalue weighted by molar-refractivity contribution is 6.07. The number of phenolic OH excluding ortho intramolecular Hbond substituents is 1. The van der Waals surface area contributed by atoms with Crippen molar-refractivity contribution in [3.63, 3.8) is 0 Å². The lowest BCUT2D eigenvalue weighted by Gasteiger charge is -2.14. The molecule has 0 atom stereocenters. The van der Waals surface area contributed by atoms with Crippen molar-refractivity contribution in [2.45, 2.75) is 26.7 Å². The standard InChI is InChI=1S/C20H21N3O2/c1-3-14-6-5-7-15(4-2)19(14)23-20(25)16(12-21)13-22-17-8-10-18(24)11-9-17/h5-11,13,22,24H,3-4H2,1-2H3,(H,23,25)/b16-13-. The molecule has 2 rings (SSSR count). The zero-order valence-electron chi connectivity index (χ0n) is 14.3. The highest BCUT2D eigenvalue weighted by atomic mass is 16.3. The van der Waals surface area contributed by atoms with Gasteiger partial charge >= 0.3 is 0 Å². The average Bonchev–Trinajstić information content (AvgIpc) is 2.63. The van der Waals surface area contributed by atoms with Gasteiger partial charge in [0.05, 0.1) is 0 Å². The highest BCUT2D eigenvalue weighted by Crippen LogP contribution is 2.23. The fourth-order valence-electron chi connectivity index (χ4n) is 2.45. The summed E-state index contributed by atoms with van der Waals surface area (Å²) < 4.78 is 0. The normalized spacial score (nSPS) is 10.8. The summed E-state index contributed by atoms with van der Waals surface area (Å²) >= 11 is 0. The zero-order chi connectivity index (χ0) is 18.2. The number of nitriles is 1. The molecule has 0 radical (unpaired) electrons. The Balaban J connectivity index is 2.19. The molecule has 5 heteroatoms. The van der Waals surface area contributed by atoms with E-state index in [-0.39, 0.29) is 11.3 Å². The van der Waals surface area contributed by atoms with Gasteiger partial charge in [-0.05, 0) is 48.2 Å². The molecule has 5 nitrogen and oxygen atoms in total. The lowest BCUT2D eigenvalue weighted by molar-refractivity contribution is -0.112. The Labute approximate surface area is 147 Å². The Morgan fingerprint density at radius 2 is 1.72 bits per heavy atom. The molecule has 2 aromatic rings. The van der Waals surface area contributed by atoms with Gasteiger partial charge in [0.15, 0.2) is 0 Å². The Bertz CT molecular complexity index is 796. The number of nitrogens with one attached hydrogen (secondary N) is 2. The Hall–Kier alpha value is -3.26. The monoisotopic (exact) mass is 335 g/mol. The minimum Gasteiger partial charge on any atom is -0.508 e. The first-order valence-electron chi connectivity index (χ1n) is 8.17. The Kier molecular flexibility index (Phi) is 6.19. The van der Waals surface area contributed by atoms with Crippen LogP contribution in [0.25, 0.3) is 0 Å². The number of anilines is 2. The highest BCUT2D eigenvalue weighted by Gasteiger charge is 2.13. The van der Waals surface area contributed by atoms with Crippen molar-refractivity contribution in [3.05, 3.63) is 65.4 Å². The minimum atomic E-state index is -0.454. The number of rotatable bonds is 6. The van der Waals surface area contributed by atoms with Crippen molar-refractivity contribution in [1.29, 1.82) is 5.26 Å². The van der Waals surface area contributed by atoms with Crippen LogP contribution in [-0.2, 0) is 17.6 Å². The molecule has 0 aliphatic carbocycles. The number of para-hydroxylation sites is 1. The maximum absolute atomic E-state index is 12.5. The number of hydrogen-bond acceptors (Lipinski definition) is 4. The van der Waals surface area contributed by atoms with Crippen molar-refractivity contribution >= 4 is 17.3 Å². The molecule has 0 heterocycles. The van der Waals surface area contributed by atoms with Crippen LogP contribution >= 0.6 is 0 Å². The van der Waals surface area contributed by atoms with Crippen LogP contribution in [0.1, 0.15) is 25.0 Å². The number of aryl methyl sites for hydroxylation is 2. The number of phenols is 1. The van der Waals surface area contributed by atoms with E-state index in [0.717, 1.165) is 29.7 Å². The second-order valence-electron chi connectivity index (χ2n) is 5.47. The van der Waals surface area contributed by atoms with Crippen molar-refractivity contribution in [1.82, 2.24) is 0 Å². The van der Waals surface area contributed by atoms with Gasteiger partial charge in [-0.3, -0.25) is 4.79 Å². The van der Waals surface area contributed by atoms with Crippen LogP contribution in [0.15, 0.2) is 54.2 Å². The molecule has 0 bridgehead atoms. The van der Waals surface area contributed by atoms with E-state index >= 15 is 0 Å². The number of nitrogens with zero attached hydrogens (tertiary/aromatic N) is 1. The van der Waals surface area contributed by atoms with E-state index in [1.165, 1.54) is 18.3 Å². The number of carbonyl (C=O) groups excluding carboxylic acids is 1. The number of aromatic hydroxyl groups is 1. The summed E-state index contributed by atoms with van der Waals surface area (Å²) in [5.41, 5.74) is 3.50. The zero-order valence-corrected chi connectivity index (χ0v) is 14.3. The predicted molar refractivity (Wildman–Crippen MR) is 99.3 cm³/mol. The minimum absolute atomic E-state index is 0.0268. The first-order chi connectivity index (χ1) is 12.1. The van der Waals surface area contributed by atoms with Crippen molar-refractivity contribution < 1.29 is 9.90 Å². The van der Waals surface area contributed by atoms with Gasteiger partial charge in [-0.25, -0.2) is 0 Å². The third-order valence-electron chi connectivity index (χ3n) is 3.85. The maximum atomic E-state index is 12.5. The summed E-state index contributed by atoms with van der Waals surface area (Å²) in [5, 5.41) is 24.3. The van der Waals surface area contributed by atoms with Crippen molar-refractivity contribution in [2.75, 3.05) is 10.6 Å². The van der Waals surface area contributed by atoms with Crippen LogP contribution in [0.4, 0.5) is 11.4 Å². The topological polar surface area (TPSA) is 85.2 Å². The lowest BCUT2D eigenvalue weighted by Crippen LogP contribution is -2.17. The predicted octanol–water partition coefficient (Wildman–Crippen LogP) is 3.98. The quantitative estimate of drug-likeness (QED) is 0.423. The van der Waals surface area contributed by atoms with E-state index in [0.29, 0.717) is 5.69 Å². The van der Waals surface area contributed by atoms with E-state index in [1.54, 1.807) is 12.1 Å². The Morgan fingerprint density at radius 3 is 2.24 bits per heavy atom. The van der Waals surface area contributed by atoms with E-state index in [2.05, 4.69) is 10.6 Å². The first-order valence-corrected chi connectivity index (χ1v) is 8.17. The van der Waals surface area contributed by atoms with Crippen molar-refractivity contribution in [2.24, 2.45) is 0 Å². The second-order valence-corrected chi connectivity index (χ2v) is 5.47. The molecule has 3 N–H and O–H groups in total. The van der Waals surface area contributed by atoms with Crippen LogP contribution in [0, 0.1) is 11.3 Å². The fourth-order valence-corrected chi connectivity index (χ4v) is 2.45. The molecule has 0 unspecified atom stereocenters. The molecule has 0 aliphatic rings. The van der Waals surface area contributed by atoms with Crippen LogP contribution < -0.4 is 10.6 Å². The molecule has 0 aromatic heterocycles. The first kappa shape index (κ1) is 18.1. The largest absolute Gasteiger partial charge is 0.508 e. The molecule has 0 fully saturated rings. The summed E-state index contributed by atoms with van der Waals surface area (Å²) in [6.07, 6.45) is 2.95. The van der Waals surface area contributed by atoms with E-state index in [9.17, 15) is 15.2 Å². The number of benzene rings is 2. The van der Waals surface area contributed by atoms with Gasteiger partial charge in [0.25, 0.3) is 5.91 Å². The number of amides is 1. The van der Waals surface area contributed by atoms with Gasteiger partial charge in [-0.1, -0.05) is 32.0 Å². The molecular formula is C20H21N3O2. The Morgan fingerprint density at radius 1 is 1.12 bits per heavy atom. The van der Waals surface area contributed by atoms with E-state index in [4.69, 9.17) is 0 Å². The summed E-state index contributed by atoms with van der Waals surface area (Å²) in [7, 11) is 0. The molecule has 25 heavy (non-hydrogen) atoms. The fraction of sp³-hybridized carbons (Fsp3) is 0.200. The molecule has 0 spiro atoms. The van der Waals surface area contributed by atoms with Gasteiger partial charge in [0.2, 0.25) is 0 Å². The van der Waals surface area contributed by atoms with E-state index in [1.807, 2.05) is 38.1 Å². The van der Waals surface area contributed by atoms with Gasteiger partial charge in [0.1, 0.15) is 17.4 Å². The van der Waals surface area contributed by atoms with Crippen LogP contribution in [0.5, 0.6) is 5.75 Å². The SMILES string of the molecule is CCc1cccc(CC)c1NC(=O)/C(C#N)=C\Nc1ccc(O)cc1. The van der Waals surface area contributed by atoms with Crippen LogP contribution in [0.2, 0.25) is 0 Å². The van der Waals surface area contributed by atoms with Gasteiger partial charge < -0.3 is 15.7 Å². The summed E-state index contributed by atoms with van der Waals surface area (Å²) in [6.45, 7) is 4.05. The van der Waals surface area contributed by atoms with Gasteiger partial charge in [0, 0.05) is 17.6 Å². The van der Waals surface area contributed by atoms with E-state index < -0.39 is 5.91 Å². The van der Waals surface area contributed by atoms with Crippen molar-refractivity contribution in [3.8, 4) is 11.8 Å². The maximum Gasteiger partial charge on any atom is 0.267 e. The number of carbonyl (C=O) groups is 1. The van der Waals surface area contributed by atoms with Gasteiger partial charge in [-0.2, -0.15) is 5.26 Å². The summed E-state index contributed by atoms with van der Waals surface area (Å²) in [6, 6.07) is 14.2. The molecule has 0 aliphatic heterocycles. The molecule has 0 saturated carbocycles. The van der Waals surface area contributed by atoms with Gasteiger partial charge in [-0.15, -0.1) is 0 Å². The molecule has 128 valence electrons. The number of hydrogen-bond donors (Lipinski definition) is 3. The molecule has 1 amide bonds. The smallest absolute Gasteiger partial charge is 0.267 e. The molecular weight excluding hydrogens is 314 g/mol. The second kappa shape index (κ2) is 8.55. The molecule has 2 aromatic carbocycles. The molecule has 0 saturated heterocycles. The van der Waals surface area contributed by atoms with Crippen LogP contribution in [0.3, 0.4) is 0 Å². The third-order valence-corrected chi connectivity index (χ3v) is 3.85. The third kappa shape index (κ3) is 4.61. The summed E-state index contributed by atoms with van der Waals surface area (Å²) in [5.74, 6) is -0.305.